The summed E-state index contributed by atoms with van der Waals surface area (Å²) in [6.07, 6.45) is 5.48. The summed E-state index contributed by atoms with van der Waals surface area (Å²) >= 11 is 0. The Morgan fingerprint density at radius 3 is 2.95 bits per heavy atom. The summed E-state index contributed by atoms with van der Waals surface area (Å²) in [6.45, 7) is 2.55. The topological polar surface area (TPSA) is 63.4 Å². The van der Waals surface area contributed by atoms with Gasteiger partial charge >= 0.3 is 0 Å². The average Bonchev–Trinajstić information content (AvgIpc) is 3.04. The van der Waals surface area contributed by atoms with E-state index in [0.717, 1.165) is 44.0 Å². The molecule has 3 heterocycles. The van der Waals surface area contributed by atoms with Crippen molar-refractivity contribution in [2.24, 2.45) is 0 Å². The second-order valence-electron chi connectivity index (χ2n) is 5.78. The molecule has 0 spiro atoms. The van der Waals surface area contributed by atoms with Crippen LogP contribution in [-0.4, -0.2) is 57.2 Å². The third-order valence-electron chi connectivity index (χ3n) is 4.31. The molecule has 1 aliphatic rings. The fourth-order valence-corrected chi connectivity index (χ4v) is 3.05. The molecule has 2 aromatic heterocycles. The number of hydrogen-bond acceptors (Lipinski definition) is 5. The van der Waals surface area contributed by atoms with E-state index in [-0.39, 0.29) is 6.61 Å². The van der Waals surface area contributed by atoms with Crippen LogP contribution in [0.15, 0.2) is 36.7 Å². The summed E-state index contributed by atoms with van der Waals surface area (Å²) in [5.74, 6) is 0.819. The minimum atomic E-state index is -0.436. The highest BCUT2D eigenvalue weighted by molar-refractivity contribution is 5.23. The van der Waals surface area contributed by atoms with Crippen molar-refractivity contribution < 1.29 is 9.84 Å². The number of likely N-dealkylation sites (tertiary alicyclic amines) is 1. The molecule has 0 radical (unpaired) electrons. The van der Waals surface area contributed by atoms with E-state index in [4.69, 9.17) is 4.74 Å². The molecule has 0 amide bonds. The van der Waals surface area contributed by atoms with E-state index in [9.17, 15) is 5.11 Å². The molecule has 0 saturated carbocycles. The van der Waals surface area contributed by atoms with Gasteiger partial charge in [-0.3, -0.25) is 4.90 Å². The average molecular weight is 302 g/mol. The van der Waals surface area contributed by atoms with Gasteiger partial charge in [-0.2, -0.15) is 5.10 Å². The van der Waals surface area contributed by atoms with E-state index in [2.05, 4.69) is 15.0 Å². The van der Waals surface area contributed by atoms with Crippen molar-refractivity contribution in [2.75, 3.05) is 26.8 Å². The fourth-order valence-electron chi connectivity index (χ4n) is 3.05. The number of methoxy groups -OCH3 is 1. The van der Waals surface area contributed by atoms with E-state index < -0.39 is 5.60 Å². The van der Waals surface area contributed by atoms with Crippen molar-refractivity contribution in [3.8, 4) is 5.82 Å². The van der Waals surface area contributed by atoms with Crippen LogP contribution >= 0.6 is 0 Å². The highest BCUT2D eigenvalue weighted by Gasteiger charge is 2.35. The van der Waals surface area contributed by atoms with Crippen LogP contribution in [0.5, 0.6) is 0 Å². The lowest BCUT2D eigenvalue weighted by atomic mass is 9.93. The summed E-state index contributed by atoms with van der Waals surface area (Å²) < 4.78 is 7.43. The van der Waals surface area contributed by atoms with Gasteiger partial charge in [0.1, 0.15) is 5.60 Å². The van der Waals surface area contributed by atoms with E-state index in [1.807, 2.05) is 28.9 Å². The normalized spacial score (nSPS) is 22.8. The number of ether oxygens (including phenoxy) is 1. The fraction of sp³-hybridized carbons (Fsp3) is 0.500. The second kappa shape index (κ2) is 6.56. The van der Waals surface area contributed by atoms with Crippen LogP contribution in [-0.2, 0) is 11.3 Å². The minimum Gasteiger partial charge on any atom is -0.393 e. The van der Waals surface area contributed by atoms with Gasteiger partial charge in [0, 0.05) is 32.6 Å². The van der Waals surface area contributed by atoms with E-state index in [0.29, 0.717) is 0 Å². The van der Waals surface area contributed by atoms with Crippen molar-refractivity contribution in [1.82, 2.24) is 19.7 Å². The number of pyridine rings is 1. The van der Waals surface area contributed by atoms with Crippen LogP contribution in [0.3, 0.4) is 0 Å². The number of aromatic nitrogens is 3. The zero-order chi connectivity index (χ0) is 15.4. The van der Waals surface area contributed by atoms with Gasteiger partial charge in [-0.1, -0.05) is 6.07 Å². The Morgan fingerprint density at radius 2 is 2.23 bits per heavy atom. The molecule has 0 bridgehead atoms. The number of rotatable bonds is 5. The predicted octanol–water partition coefficient (Wildman–Crippen LogP) is 1.24. The summed E-state index contributed by atoms with van der Waals surface area (Å²) in [5, 5.41) is 14.0. The van der Waals surface area contributed by atoms with Crippen LogP contribution in [0.1, 0.15) is 18.5 Å². The highest BCUT2D eigenvalue weighted by atomic mass is 16.5. The smallest absolute Gasteiger partial charge is 0.153 e. The number of nitrogens with zero attached hydrogens (tertiary/aromatic N) is 4. The number of piperidine rings is 1. The molecule has 0 aromatic carbocycles. The molecule has 1 saturated heterocycles. The Hall–Kier alpha value is -1.76. The van der Waals surface area contributed by atoms with Crippen molar-refractivity contribution in [3.63, 3.8) is 0 Å². The zero-order valence-electron chi connectivity index (χ0n) is 12.9. The molecule has 118 valence electrons. The number of aliphatic hydroxyl groups excluding tert-OH is 1. The Bertz CT molecular complexity index is 595. The molecule has 1 aliphatic heterocycles. The lowest BCUT2D eigenvalue weighted by molar-refractivity contribution is -0.0968. The summed E-state index contributed by atoms with van der Waals surface area (Å²) in [5.41, 5.74) is 0.650. The predicted molar refractivity (Wildman–Crippen MR) is 82.7 cm³/mol. The van der Waals surface area contributed by atoms with Crippen molar-refractivity contribution in [1.29, 1.82) is 0 Å². The largest absolute Gasteiger partial charge is 0.393 e. The molecule has 22 heavy (non-hydrogen) atoms. The van der Waals surface area contributed by atoms with Crippen LogP contribution < -0.4 is 0 Å². The molecule has 1 N–H and O–H groups in total. The van der Waals surface area contributed by atoms with Crippen LogP contribution in [0, 0.1) is 0 Å². The Kier molecular flexibility index (Phi) is 4.52. The Labute approximate surface area is 130 Å². The quantitative estimate of drug-likeness (QED) is 0.900. The minimum absolute atomic E-state index is 0.0551. The van der Waals surface area contributed by atoms with E-state index >= 15 is 0 Å². The molecule has 0 aliphatic carbocycles. The molecule has 1 fully saturated rings. The third-order valence-corrected chi connectivity index (χ3v) is 4.31. The third kappa shape index (κ3) is 3.04. The van der Waals surface area contributed by atoms with Gasteiger partial charge in [0.05, 0.1) is 12.3 Å². The highest BCUT2D eigenvalue weighted by Crippen LogP contribution is 2.25. The number of aliphatic hydroxyl groups is 1. The lowest BCUT2D eigenvalue weighted by Gasteiger charge is -2.40. The summed E-state index contributed by atoms with van der Waals surface area (Å²) in [4.78, 5) is 6.66. The molecule has 6 nitrogen and oxygen atoms in total. The van der Waals surface area contributed by atoms with Crippen molar-refractivity contribution in [2.45, 2.75) is 25.0 Å². The molecule has 3 rings (SSSR count). The van der Waals surface area contributed by atoms with Gasteiger partial charge in [-0.25, -0.2) is 9.67 Å². The van der Waals surface area contributed by atoms with Crippen LogP contribution in [0.25, 0.3) is 5.82 Å². The molecule has 1 atom stereocenters. The van der Waals surface area contributed by atoms with E-state index in [1.165, 1.54) is 0 Å². The van der Waals surface area contributed by atoms with Crippen molar-refractivity contribution in [3.05, 3.63) is 42.4 Å². The first kappa shape index (κ1) is 15.1. The SMILES string of the molecule is COC1(CO)CCCN(Cc2ccnn2-c2ccccn2)C1. The Balaban J connectivity index is 1.76. The van der Waals surface area contributed by atoms with Gasteiger partial charge in [-0.15, -0.1) is 0 Å². The summed E-state index contributed by atoms with van der Waals surface area (Å²) in [7, 11) is 1.68. The molecule has 2 aromatic rings. The number of hydrogen-bond donors (Lipinski definition) is 1. The maximum atomic E-state index is 9.64. The zero-order valence-corrected chi connectivity index (χ0v) is 12.9. The monoisotopic (exact) mass is 302 g/mol. The second-order valence-corrected chi connectivity index (χ2v) is 5.78. The molecular formula is C16H22N4O2. The van der Waals surface area contributed by atoms with Crippen LogP contribution in [0.4, 0.5) is 0 Å². The van der Waals surface area contributed by atoms with Crippen LogP contribution in [0.2, 0.25) is 0 Å². The molecule has 1 unspecified atom stereocenters. The van der Waals surface area contributed by atoms with E-state index in [1.54, 1.807) is 19.5 Å². The van der Waals surface area contributed by atoms with Gasteiger partial charge in [0.25, 0.3) is 0 Å². The van der Waals surface area contributed by atoms with Crippen molar-refractivity contribution >= 4 is 0 Å². The summed E-state index contributed by atoms with van der Waals surface area (Å²) in [6, 6.07) is 7.80. The van der Waals surface area contributed by atoms with Gasteiger partial charge in [0.15, 0.2) is 5.82 Å². The standard InChI is InChI=1S/C16H22N4O2/c1-22-16(13-21)7-4-10-19(12-16)11-14-6-9-18-20(14)15-5-2-3-8-17-15/h2-3,5-6,8-9,21H,4,7,10-13H2,1H3. The van der Waals surface area contributed by atoms with Gasteiger partial charge in [0.2, 0.25) is 0 Å². The lowest BCUT2D eigenvalue weighted by Crippen LogP contribution is -2.51. The maximum absolute atomic E-state index is 9.64. The first-order chi connectivity index (χ1) is 10.8. The first-order valence-corrected chi connectivity index (χ1v) is 7.59. The Morgan fingerprint density at radius 1 is 1.32 bits per heavy atom. The van der Waals surface area contributed by atoms with Gasteiger partial charge < -0.3 is 9.84 Å². The first-order valence-electron chi connectivity index (χ1n) is 7.59. The maximum Gasteiger partial charge on any atom is 0.153 e. The molecular weight excluding hydrogens is 280 g/mol. The molecule has 6 heteroatoms. The van der Waals surface area contributed by atoms with Gasteiger partial charge in [-0.05, 0) is 37.6 Å².